The van der Waals surface area contributed by atoms with Crippen LogP contribution < -0.4 is 15.8 Å². The molecule has 0 bridgehead atoms. The molecule has 0 fully saturated rings. The third kappa shape index (κ3) is 2.71. The molecule has 0 aliphatic rings. The van der Waals surface area contributed by atoms with Crippen LogP contribution in [-0.4, -0.2) is 11.6 Å². The van der Waals surface area contributed by atoms with Crippen LogP contribution in [0.4, 0.5) is 17.2 Å². The molecule has 0 aliphatic heterocycles. The predicted octanol–water partition coefficient (Wildman–Crippen LogP) is 3.11. The van der Waals surface area contributed by atoms with E-state index in [0.29, 0.717) is 12.4 Å². The van der Waals surface area contributed by atoms with E-state index in [-0.39, 0.29) is 0 Å². The van der Waals surface area contributed by atoms with E-state index >= 15 is 0 Å². The number of nitrogen functional groups attached to an aromatic ring is 1. The number of hydrogen-bond donors (Lipinski definition) is 2. The maximum atomic E-state index is 5.86. The molecule has 0 aliphatic carbocycles. The SMILES string of the molecule is CCOc1ccccc1Nc1cc(N)c(C)cn1. The summed E-state index contributed by atoms with van der Waals surface area (Å²) in [4.78, 5) is 4.29. The second-order valence-electron chi connectivity index (χ2n) is 3.98. The monoisotopic (exact) mass is 243 g/mol. The molecule has 2 aromatic rings. The van der Waals surface area contributed by atoms with Gasteiger partial charge in [-0.25, -0.2) is 4.98 Å². The van der Waals surface area contributed by atoms with E-state index in [0.717, 1.165) is 22.7 Å². The van der Waals surface area contributed by atoms with Crippen LogP contribution in [0.25, 0.3) is 0 Å². The third-order valence-electron chi connectivity index (χ3n) is 2.59. The Balaban J connectivity index is 2.25. The van der Waals surface area contributed by atoms with Crippen molar-refractivity contribution in [2.24, 2.45) is 0 Å². The van der Waals surface area contributed by atoms with Gasteiger partial charge in [0.25, 0.3) is 0 Å². The number of aromatic nitrogens is 1. The molecule has 18 heavy (non-hydrogen) atoms. The Morgan fingerprint density at radius 2 is 2.11 bits per heavy atom. The highest BCUT2D eigenvalue weighted by Gasteiger charge is 2.04. The number of anilines is 3. The minimum atomic E-state index is 0.627. The van der Waals surface area contributed by atoms with Gasteiger partial charge in [-0.3, -0.25) is 0 Å². The van der Waals surface area contributed by atoms with Crippen molar-refractivity contribution in [3.05, 3.63) is 42.1 Å². The number of nitrogens with one attached hydrogen (secondary N) is 1. The average molecular weight is 243 g/mol. The smallest absolute Gasteiger partial charge is 0.142 e. The maximum absolute atomic E-state index is 5.86. The zero-order chi connectivity index (χ0) is 13.0. The van der Waals surface area contributed by atoms with Crippen LogP contribution in [0, 0.1) is 6.92 Å². The molecule has 4 heteroatoms. The fourth-order valence-electron chi connectivity index (χ4n) is 1.60. The van der Waals surface area contributed by atoms with Crippen molar-refractivity contribution < 1.29 is 4.74 Å². The van der Waals surface area contributed by atoms with Crippen molar-refractivity contribution in [3.8, 4) is 5.75 Å². The van der Waals surface area contributed by atoms with Crippen LogP contribution in [0.15, 0.2) is 36.5 Å². The van der Waals surface area contributed by atoms with Gasteiger partial charge in [0.15, 0.2) is 0 Å². The molecule has 1 heterocycles. The van der Waals surface area contributed by atoms with Gasteiger partial charge in [0.1, 0.15) is 11.6 Å². The lowest BCUT2D eigenvalue weighted by Gasteiger charge is -2.12. The lowest BCUT2D eigenvalue weighted by Crippen LogP contribution is -2.00. The summed E-state index contributed by atoms with van der Waals surface area (Å²) in [6.45, 7) is 4.52. The number of nitrogens with two attached hydrogens (primary N) is 1. The molecule has 1 aromatic heterocycles. The lowest BCUT2D eigenvalue weighted by molar-refractivity contribution is 0.342. The number of ether oxygens (including phenoxy) is 1. The van der Waals surface area contributed by atoms with Crippen LogP contribution in [-0.2, 0) is 0 Å². The normalized spacial score (nSPS) is 10.1. The molecule has 0 spiro atoms. The van der Waals surface area contributed by atoms with Crippen LogP contribution in [0.2, 0.25) is 0 Å². The molecule has 4 nitrogen and oxygen atoms in total. The fraction of sp³-hybridized carbons (Fsp3) is 0.214. The zero-order valence-electron chi connectivity index (χ0n) is 10.6. The van der Waals surface area contributed by atoms with Crippen molar-refractivity contribution in [2.45, 2.75) is 13.8 Å². The van der Waals surface area contributed by atoms with Crippen LogP contribution in [0.1, 0.15) is 12.5 Å². The van der Waals surface area contributed by atoms with Crippen LogP contribution in [0.5, 0.6) is 5.75 Å². The Morgan fingerprint density at radius 3 is 2.83 bits per heavy atom. The first-order valence-corrected chi connectivity index (χ1v) is 5.91. The van der Waals surface area contributed by atoms with E-state index < -0.39 is 0 Å². The molecule has 0 atom stereocenters. The van der Waals surface area contributed by atoms with Gasteiger partial charge in [0.2, 0.25) is 0 Å². The molecular weight excluding hydrogens is 226 g/mol. The molecule has 94 valence electrons. The number of nitrogens with zero attached hydrogens (tertiary/aromatic N) is 1. The summed E-state index contributed by atoms with van der Waals surface area (Å²) in [6.07, 6.45) is 1.75. The van der Waals surface area contributed by atoms with Gasteiger partial charge in [-0.15, -0.1) is 0 Å². The minimum absolute atomic E-state index is 0.627. The van der Waals surface area contributed by atoms with E-state index in [1.54, 1.807) is 6.20 Å². The first-order chi connectivity index (χ1) is 8.70. The Bertz CT molecular complexity index is 540. The number of para-hydroxylation sites is 2. The molecule has 0 radical (unpaired) electrons. The standard InChI is InChI=1S/C14H17N3O/c1-3-18-13-7-5-4-6-12(13)17-14-8-11(15)10(2)9-16-14/h4-9H,3H2,1-2H3,(H3,15,16,17). The molecule has 0 amide bonds. The van der Waals surface area contributed by atoms with Gasteiger partial charge < -0.3 is 15.8 Å². The Hall–Kier alpha value is -2.23. The summed E-state index contributed by atoms with van der Waals surface area (Å²) in [5.74, 6) is 1.52. The second-order valence-corrected chi connectivity index (χ2v) is 3.98. The number of benzene rings is 1. The van der Waals surface area contributed by atoms with Gasteiger partial charge in [0, 0.05) is 18.0 Å². The van der Waals surface area contributed by atoms with Gasteiger partial charge >= 0.3 is 0 Å². The van der Waals surface area contributed by atoms with E-state index in [1.165, 1.54) is 0 Å². The quantitative estimate of drug-likeness (QED) is 0.866. The van der Waals surface area contributed by atoms with E-state index in [1.807, 2.05) is 44.2 Å². The summed E-state index contributed by atoms with van der Waals surface area (Å²) < 4.78 is 5.54. The number of hydrogen-bond acceptors (Lipinski definition) is 4. The predicted molar refractivity (Wildman–Crippen MR) is 74.3 cm³/mol. The van der Waals surface area contributed by atoms with Crippen molar-refractivity contribution in [3.63, 3.8) is 0 Å². The summed E-state index contributed by atoms with van der Waals surface area (Å²) in [7, 11) is 0. The fourth-order valence-corrected chi connectivity index (χ4v) is 1.60. The van der Waals surface area contributed by atoms with E-state index in [4.69, 9.17) is 10.5 Å². The second kappa shape index (κ2) is 5.40. The highest BCUT2D eigenvalue weighted by atomic mass is 16.5. The highest BCUT2D eigenvalue weighted by Crippen LogP contribution is 2.27. The highest BCUT2D eigenvalue weighted by molar-refractivity contribution is 5.66. The molecule has 0 unspecified atom stereocenters. The first kappa shape index (κ1) is 12.2. The van der Waals surface area contributed by atoms with E-state index in [9.17, 15) is 0 Å². The maximum Gasteiger partial charge on any atom is 0.142 e. The summed E-state index contributed by atoms with van der Waals surface area (Å²) in [5.41, 5.74) is 8.44. The van der Waals surface area contributed by atoms with Crippen molar-refractivity contribution >= 4 is 17.2 Å². The third-order valence-corrected chi connectivity index (χ3v) is 2.59. The summed E-state index contributed by atoms with van der Waals surface area (Å²) in [5, 5.41) is 3.21. The molecule has 1 aromatic carbocycles. The van der Waals surface area contributed by atoms with Crippen LogP contribution in [0.3, 0.4) is 0 Å². The number of aryl methyl sites for hydroxylation is 1. The van der Waals surface area contributed by atoms with Gasteiger partial charge in [-0.05, 0) is 31.5 Å². The Morgan fingerprint density at radius 1 is 1.33 bits per heavy atom. The molecule has 0 saturated carbocycles. The van der Waals surface area contributed by atoms with Gasteiger partial charge in [0.05, 0.1) is 12.3 Å². The topological polar surface area (TPSA) is 60.2 Å². The summed E-state index contributed by atoms with van der Waals surface area (Å²) in [6, 6.07) is 9.57. The van der Waals surface area contributed by atoms with Crippen molar-refractivity contribution in [1.82, 2.24) is 4.98 Å². The summed E-state index contributed by atoms with van der Waals surface area (Å²) >= 11 is 0. The zero-order valence-corrected chi connectivity index (χ0v) is 10.6. The van der Waals surface area contributed by atoms with Crippen LogP contribution >= 0.6 is 0 Å². The van der Waals surface area contributed by atoms with E-state index in [2.05, 4.69) is 10.3 Å². The molecular formula is C14H17N3O. The Labute approximate surface area is 107 Å². The Kier molecular flexibility index (Phi) is 3.67. The van der Waals surface area contributed by atoms with Gasteiger partial charge in [-0.1, -0.05) is 12.1 Å². The number of pyridine rings is 1. The largest absolute Gasteiger partial charge is 0.492 e. The molecule has 3 N–H and O–H groups in total. The van der Waals surface area contributed by atoms with Crippen molar-refractivity contribution in [1.29, 1.82) is 0 Å². The minimum Gasteiger partial charge on any atom is -0.492 e. The number of rotatable bonds is 4. The lowest BCUT2D eigenvalue weighted by atomic mass is 10.2. The van der Waals surface area contributed by atoms with Gasteiger partial charge in [-0.2, -0.15) is 0 Å². The van der Waals surface area contributed by atoms with Crippen molar-refractivity contribution in [2.75, 3.05) is 17.7 Å². The first-order valence-electron chi connectivity index (χ1n) is 5.91. The molecule has 2 rings (SSSR count). The molecule has 0 saturated heterocycles. The average Bonchev–Trinajstić information content (AvgIpc) is 2.37.